The standard InChI is InChI=1S/C21H26FN5O3S/c1-15(22)6-7-19-16(2)18-5-4-9-26(18)20-8-10-27-21(24-20)17(13-23-27)14-25(11-12-30-19)31(3,28)29/h6-8,10,13,18H,2,4-5,9,11-12,14H2,1,3H3/b15-6+,19-7+/t18-/m1/s1. The van der Waals surface area contributed by atoms with Crippen molar-refractivity contribution in [2.24, 2.45) is 0 Å². The third-order valence-electron chi connectivity index (χ3n) is 5.57. The van der Waals surface area contributed by atoms with Crippen LogP contribution < -0.4 is 4.90 Å². The molecule has 0 unspecified atom stereocenters. The highest BCUT2D eigenvalue weighted by atomic mass is 32.2. The second-order valence-electron chi connectivity index (χ2n) is 7.83. The molecule has 4 heterocycles. The molecule has 0 aromatic carbocycles. The second kappa shape index (κ2) is 8.43. The van der Waals surface area contributed by atoms with Gasteiger partial charge in [0.05, 0.1) is 24.3 Å². The summed E-state index contributed by atoms with van der Waals surface area (Å²) in [5.74, 6) is 0.859. The summed E-state index contributed by atoms with van der Waals surface area (Å²) < 4.78 is 47.1. The van der Waals surface area contributed by atoms with Crippen molar-refractivity contribution < 1.29 is 17.5 Å². The van der Waals surface area contributed by atoms with Crippen molar-refractivity contribution in [1.82, 2.24) is 18.9 Å². The molecule has 1 fully saturated rings. The lowest BCUT2D eigenvalue weighted by atomic mass is 10.0. The molecule has 2 aliphatic heterocycles. The fraction of sp³-hybridized carbons (Fsp3) is 0.429. The summed E-state index contributed by atoms with van der Waals surface area (Å²) in [5.41, 5.74) is 2.05. The third kappa shape index (κ3) is 4.49. The maximum absolute atomic E-state index is 13.4. The monoisotopic (exact) mass is 447 g/mol. The van der Waals surface area contributed by atoms with Crippen LogP contribution in [0.4, 0.5) is 10.2 Å². The number of ether oxygens (including phenoxy) is 1. The van der Waals surface area contributed by atoms with E-state index in [9.17, 15) is 12.8 Å². The topological polar surface area (TPSA) is 80.0 Å². The van der Waals surface area contributed by atoms with Gasteiger partial charge in [-0.25, -0.2) is 22.3 Å². The van der Waals surface area contributed by atoms with Crippen LogP contribution in [0.25, 0.3) is 5.65 Å². The molecule has 0 saturated carbocycles. The molecule has 0 spiro atoms. The quantitative estimate of drug-likeness (QED) is 0.704. The van der Waals surface area contributed by atoms with E-state index in [1.165, 1.54) is 17.3 Å². The van der Waals surface area contributed by atoms with Crippen LogP contribution in [0, 0.1) is 0 Å². The zero-order valence-electron chi connectivity index (χ0n) is 17.7. The molecule has 8 nitrogen and oxygen atoms in total. The first kappa shape index (κ1) is 21.5. The molecular weight excluding hydrogens is 421 g/mol. The second-order valence-corrected chi connectivity index (χ2v) is 9.81. The van der Waals surface area contributed by atoms with E-state index in [1.54, 1.807) is 16.8 Å². The van der Waals surface area contributed by atoms with Gasteiger partial charge in [-0.05, 0) is 38.0 Å². The molecule has 0 radical (unpaired) electrons. The molecule has 0 aliphatic carbocycles. The van der Waals surface area contributed by atoms with E-state index in [2.05, 4.69) is 16.6 Å². The Hall–Kier alpha value is -2.72. The normalized spacial score (nSPS) is 22.9. The number of allylic oxidation sites excluding steroid dienone is 3. The van der Waals surface area contributed by atoms with E-state index >= 15 is 0 Å². The highest BCUT2D eigenvalue weighted by Gasteiger charge is 2.31. The van der Waals surface area contributed by atoms with Crippen molar-refractivity contribution >= 4 is 21.5 Å². The zero-order valence-corrected chi connectivity index (χ0v) is 18.5. The number of hydrogen-bond donors (Lipinski definition) is 0. The number of rotatable bonds is 2. The Morgan fingerprint density at radius 3 is 2.94 bits per heavy atom. The Labute approximate surface area is 181 Å². The number of fused-ring (bicyclic) bond motifs is 3. The van der Waals surface area contributed by atoms with E-state index in [0.29, 0.717) is 17.0 Å². The first-order chi connectivity index (χ1) is 14.7. The predicted octanol–water partition coefficient (Wildman–Crippen LogP) is 2.80. The fourth-order valence-electron chi connectivity index (χ4n) is 3.99. The van der Waals surface area contributed by atoms with Gasteiger partial charge in [-0.3, -0.25) is 0 Å². The summed E-state index contributed by atoms with van der Waals surface area (Å²) in [4.78, 5) is 6.97. The van der Waals surface area contributed by atoms with Gasteiger partial charge >= 0.3 is 0 Å². The molecule has 10 heteroatoms. The van der Waals surface area contributed by atoms with Gasteiger partial charge in [0.15, 0.2) is 5.65 Å². The maximum atomic E-state index is 13.4. The molecular formula is C21H26FN5O3S. The first-order valence-corrected chi connectivity index (χ1v) is 12.0. The van der Waals surface area contributed by atoms with Crippen molar-refractivity contribution in [3.05, 3.63) is 59.9 Å². The predicted molar refractivity (Wildman–Crippen MR) is 117 cm³/mol. The van der Waals surface area contributed by atoms with Gasteiger partial charge in [0.1, 0.15) is 18.2 Å². The average Bonchev–Trinajstić information content (AvgIpc) is 3.34. The maximum Gasteiger partial charge on any atom is 0.211 e. The Morgan fingerprint density at radius 1 is 1.39 bits per heavy atom. The van der Waals surface area contributed by atoms with Crippen molar-refractivity contribution in [3.63, 3.8) is 0 Å². The van der Waals surface area contributed by atoms with Gasteiger partial charge in [-0.15, -0.1) is 0 Å². The molecule has 2 aromatic rings. The lowest BCUT2D eigenvalue weighted by Crippen LogP contribution is -2.33. The summed E-state index contributed by atoms with van der Waals surface area (Å²) in [6.07, 6.45) is 9.36. The first-order valence-electron chi connectivity index (χ1n) is 10.1. The summed E-state index contributed by atoms with van der Waals surface area (Å²) >= 11 is 0. The smallest absolute Gasteiger partial charge is 0.211 e. The van der Waals surface area contributed by atoms with Crippen LogP contribution in [0.3, 0.4) is 0 Å². The van der Waals surface area contributed by atoms with E-state index < -0.39 is 10.0 Å². The van der Waals surface area contributed by atoms with Crippen LogP contribution in [0.15, 0.2) is 54.4 Å². The van der Waals surface area contributed by atoms with E-state index in [4.69, 9.17) is 9.72 Å². The highest BCUT2D eigenvalue weighted by Crippen LogP contribution is 2.32. The molecule has 0 amide bonds. The van der Waals surface area contributed by atoms with Crippen LogP contribution in [-0.2, 0) is 21.3 Å². The number of nitrogens with zero attached hydrogens (tertiary/aromatic N) is 5. The summed E-state index contributed by atoms with van der Waals surface area (Å²) in [6, 6.07) is 1.84. The largest absolute Gasteiger partial charge is 0.492 e. The van der Waals surface area contributed by atoms with Crippen LogP contribution >= 0.6 is 0 Å². The fourth-order valence-corrected chi connectivity index (χ4v) is 4.77. The summed E-state index contributed by atoms with van der Waals surface area (Å²) in [7, 11) is -3.50. The van der Waals surface area contributed by atoms with Crippen LogP contribution in [0.2, 0.25) is 0 Å². The van der Waals surface area contributed by atoms with Gasteiger partial charge < -0.3 is 9.64 Å². The van der Waals surface area contributed by atoms with Crippen molar-refractivity contribution in [2.45, 2.75) is 32.4 Å². The molecule has 4 rings (SSSR count). The van der Waals surface area contributed by atoms with E-state index in [0.717, 1.165) is 37.0 Å². The minimum atomic E-state index is -3.50. The van der Waals surface area contributed by atoms with Gasteiger partial charge in [0.25, 0.3) is 0 Å². The number of hydrogen-bond acceptors (Lipinski definition) is 6. The Balaban J connectivity index is 1.81. The highest BCUT2D eigenvalue weighted by molar-refractivity contribution is 7.88. The average molecular weight is 448 g/mol. The minimum Gasteiger partial charge on any atom is -0.492 e. The van der Waals surface area contributed by atoms with Crippen LogP contribution in [0.5, 0.6) is 0 Å². The van der Waals surface area contributed by atoms with E-state index in [-0.39, 0.29) is 31.6 Å². The Kier molecular flexibility index (Phi) is 5.85. The molecule has 2 aromatic heterocycles. The summed E-state index contributed by atoms with van der Waals surface area (Å²) in [6.45, 7) is 6.77. The minimum absolute atomic E-state index is 0.0485. The van der Waals surface area contributed by atoms with Gasteiger partial charge in [-0.1, -0.05) is 6.58 Å². The lowest BCUT2D eigenvalue weighted by molar-refractivity contribution is 0.194. The Bertz CT molecular complexity index is 1170. The molecule has 1 saturated heterocycles. The number of aromatic nitrogens is 3. The molecule has 2 aliphatic rings. The van der Waals surface area contributed by atoms with Gasteiger partial charge in [0, 0.05) is 37.0 Å². The number of halogens is 1. The molecule has 2 bridgehead atoms. The van der Waals surface area contributed by atoms with Gasteiger partial charge in [0.2, 0.25) is 10.0 Å². The SMILES string of the molecule is C=C1/C(=C\C=C(/C)F)OCCN(S(C)(=O)=O)Cc2cnn3ccc(nc23)N2CCC[C@H]12. The number of anilines is 1. The van der Waals surface area contributed by atoms with Crippen molar-refractivity contribution in [2.75, 3.05) is 30.9 Å². The van der Waals surface area contributed by atoms with Crippen LogP contribution in [-0.4, -0.2) is 59.3 Å². The van der Waals surface area contributed by atoms with Crippen molar-refractivity contribution in [3.8, 4) is 0 Å². The lowest BCUT2D eigenvalue weighted by Gasteiger charge is -2.28. The van der Waals surface area contributed by atoms with Crippen molar-refractivity contribution in [1.29, 1.82) is 0 Å². The third-order valence-corrected chi connectivity index (χ3v) is 6.82. The number of sulfonamides is 1. The zero-order chi connectivity index (χ0) is 22.2. The summed E-state index contributed by atoms with van der Waals surface area (Å²) in [5, 5.41) is 4.32. The van der Waals surface area contributed by atoms with Crippen LogP contribution in [0.1, 0.15) is 25.3 Å². The van der Waals surface area contributed by atoms with E-state index in [1.807, 2.05) is 12.3 Å². The Morgan fingerprint density at radius 2 is 2.19 bits per heavy atom. The molecule has 31 heavy (non-hydrogen) atoms. The van der Waals surface area contributed by atoms with Gasteiger partial charge in [-0.2, -0.15) is 9.40 Å². The molecule has 166 valence electrons. The molecule has 0 N–H and O–H groups in total. The molecule has 1 atom stereocenters.